The largest absolute Gasteiger partial charge is 0.340 e. The van der Waals surface area contributed by atoms with Crippen LogP contribution in [-0.2, 0) is 4.79 Å². The summed E-state index contributed by atoms with van der Waals surface area (Å²) in [6.07, 6.45) is 5.12. The Kier molecular flexibility index (Phi) is 3.17. The number of rotatable bonds is 2. The Bertz CT molecular complexity index is 380. The molecule has 1 amide bonds. The van der Waals surface area contributed by atoms with Crippen molar-refractivity contribution >= 4 is 5.91 Å². The number of likely N-dealkylation sites (tertiary alicyclic amines) is 1. The lowest BCUT2D eigenvalue weighted by Gasteiger charge is -2.22. The van der Waals surface area contributed by atoms with Crippen LogP contribution < -0.4 is 0 Å². The van der Waals surface area contributed by atoms with Crippen LogP contribution in [0.2, 0.25) is 0 Å². The van der Waals surface area contributed by atoms with Crippen LogP contribution in [0.5, 0.6) is 0 Å². The van der Waals surface area contributed by atoms with E-state index in [0.29, 0.717) is 12.5 Å². The highest BCUT2D eigenvalue weighted by molar-refractivity contribution is 5.77. The quantitative estimate of drug-likeness (QED) is 0.781. The second-order valence-electron chi connectivity index (χ2n) is 5.90. The van der Waals surface area contributed by atoms with Crippen molar-refractivity contribution in [2.45, 2.75) is 39.7 Å². The lowest BCUT2D eigenvalue weighted by molar-refractivity contribution is -0.132. The molecule has 0 bridgehead atoms. The van der Waals surface area contributed by atoms with E-state index in [1.165, 1.54) is 0 Å². The average molecular weight is 236 g/mol. The highest BCUT2D eigenvalue weighted by atomic mass is 16.2. The summed E-state index contributed by atoms with van der Waals surface area (Å²) < 4.78 is 1.85. The third-order valence-corrected chi connectivity index (χ3v) is 3.01. The molecule has 0 N–H and O–H groups in total. The van der Waals surface area contributed by atoms with Crippen LogP contribution in [0.25, 0.3) is 0 Å². The molecule has 0 radical (unpaired) electrons. The zero-order valence-corrected chi connectivity index (χ0v) is 10.8. The number of aromatic nitrogens is 3. The van der Waals surface area contributed by atoms with E-state index in [-0.39, 0.29) is 11.3 Å². The second kappa shape index (κ2) is 4.47. The van der Waals surface area contributed by atoms with Crippen LogP contribution in [0.1, 0.15) is 39.7 Å². The number of nitrogens with zero attached hydrogens (tertiary/aromatic N) is 4. The van der Waals surface area contributed by atoms with E-state index in [9.17, 15) is 4.79 Å². The Balaban J connectivity index is 1.92. The molecule has 17 heavy (non-hydrogen) atoms. The Morgan fingerprint density at radius 3 is 2.82 bits per heavy atom. The number of carbonyl (C=O) groups excluding carboxylic acids is 1. The number of hydrogen-bond acceptors (Lipinski definition) is 3. The van der Waals surface area contributed by atoms with Gasteiger partial charge in [0, 0.05) is 25.7 Å². The Hall–Kier alpha value is -1.39. The van der Waals surface area contributed by atoms with Crippen LogP contribution in [0.15, 0.2) is 12.4 Å². The molecule has 0 spiro atoms. The van der Waals surface area contributed by atoms with Crippen molar-refractivity contribution in [2.75, 3.05) is 13.1 Å². The van der Waals surface area contributed by atoms with Gasteiger partial charge >= 0.3 is 0 Å². The van der Waals surface area contributed by atoms with Gasteiger partial charge in [0.1, 0.15) is 0 Å². The third kappa shape index (κ3) is 3.05. The van der Waals surface area contributed by atoms with Crippen LogP contribution in [0.4, 0.5) is 0 Å². The molecule has 1 aliphatic rings. The SMILES string of the molecule is CC(C)(C)CC(=O)N1CCC(n2ccnn2)C1. The summed E-state index contributed by atoms with van der Waals surface area (Å²) in [6.45, 7) is 7.87. The van der Waals surface area contributed by atoms with Crippen LogP contribution >= 0.6 is 0 Å². The molecule has 1 aromatic rings. The van der Waals surface area contributed by atoms with E-state index in [1.54, 1.807) is 6.20 Å². The molecule has 5 heteroatoms. The monoisotopic (exact) mass is 236 g/mol. The normalized spacial score (nSPS) is 20.9. The van der Waals surface area contributed by atoms with Gasteiger partial charge < -0.3 is 4.90 Å². The minimum absolute atomic E-state index is 0.0580. The van der Waals surface area contributed by atoms with Crippen molar-refractivity contribution in [2.24, 2.45) is 5.41 Å². The van der Waals surface area contributed by atoms with Gasteiger partial charge in [-0.25, -0.2) is 4.68 Å². The first-order chi connectivity index (χ1) is 7.96. The zero-order chi connectivity index (χ0) is 12.5. The minimum Gasteiger partial charge on any atom is -0.340 e. The average Bonchev–Trinajstić information content (AvgIpc) is 2.86. The maximum absolute atomic E-state index is 12.1. The van der Waals surface area contributed by atoms with Crippen molar-refractivity contribution in [3.05, 3.63) is 12.4 Å². The van der Waals surface area contributed by atoms with Gasteiger partial charge in [-0.15, -0.1) is 5.10 Å². The van der Waals surface area contributed by atoms with E-state index < -0.39 is 0 Å². The van der Waals surface area contributed by atoms with E-state index in [1.807, 2.05) is 15.8 Å². The van der Waals surface area contributed by atoms with Gasteiger partial charge in [0.2, 0.25) is 5.91 Å². The fourth-order valence-corrected chi connectivity index (χ4v) is 2.16. The fourth-order valence-electron chi connectivity index (χ4n) is 2.16. The standard InChI is InChI=1S/C12H20N4O/c1-12(2,3)8-11(17)15-6-4-10(9-15)16-7-5-13-14-16/h5,7,10H,4,6,8-9H2,1-3H3. The van der Waals surface area contributed by atoms with Gasteiger partial charge in [-0.2, -0.15) is 0 Å². The lowest BCUT2D eigenvalue weighted by atomic mass is 9.92. The number of hydrogen-bond donors (Lipinski definition) is 0. The Morgan fingerprint density at radius 1 is 1.47 bits per heavy atom. The van der Waals surface area contributed by atoms with Crippen molar-refractivity contribution < 1.29 is 4.79 Å². The molecule has 0 aliphatic carbocycles. The van der Waals surface area contributed by atoms with Gasteiger partial charge in [0.15, 0.2) is 0 Å². The predicted octanol–water partition coefficient (Wildman–Crippen LogP) is 1.49. The number of amides is 1. The maximum atomic E-state index is 12.1. The molecule has 1 fully saturated rings. The lowest BCUT2D eigenvalue weighted by Crippen LogP contribution is -2.32. The van der Waals surface area contributed by atoms with Gasteiger partial charge in [0.25, 0.3) is 0 Å². The van der Waals surface area contributed by atoms with Crippen molar-refractivity contribution in [1.29, 1.82) is 0 Å². The summed E-state index contributed by atoms with van der Waals surface area (Å²) in [4.78, 5) is 14.0. The highest BCUT2D eigenvalue weighted by Gasteiger charge is 2.29. The van der Waals surface area contributed by atoms with E-state index in [0.717, 1.165) is 19.5 Å². The Labute approximate surface area is 102 Å². The molecule has 2 heterocycles. The number of carbonyl (C=O) groups is 1. The molecule has 1 saturated heterocycles. The fraction of sp³-hybridized carbons (Fsp3) is 0.750. The Morgan fingerprint density at radius 2 is 2.24 bits per heavy atom. The molecule has 1 aromatic heterocycles. The van der Waals surface area contributed by atoms with Gasteiger partial charge in [-0.05, 0) is 11.8 Å². The smallest absolute Gasteiger partial charge is 0.223 e. The van der Waals surface area contributed by atoms with Crippen molar-refractivity contribution in [1.82, 2.24) is 19.9 Å². The molecule has 94 valence electrons. The summed E-state index contributed by atoms with van der Waals surface area (Å²) in [6, 6.07) is 0.293. The first-order valence-corrected chi connectivity index (χ1v) is 6.09. The van der Waals surface area contributed by atoms with Crippen molar-refractivity contribution in [3.63, 3.8) is 0 Å². The summed E-state index contributed by atoms with van der Waals surface area (Å²) in [5, 5.41) is 7.80. The summed E-state index contributed by atoms with van der Waals surface area (Å²) in [7, 11) is 0. The van der Waals surface area contributed by atoms with Gasteiger partial charge in [0.05, 0.1) is 12.2 Å². The van der Waals surface area contributed by atoms with E-state index in [2.05, 4.69) is 31.1 Å². The molecule has 2 rings (SSSR count). The summed E-state index contributed by atoms with van der Waals surface area (Å²) in [5.41, 5.74) is 0.0580. The molecular formula is C12H20N4O. The molecule has 1 atom stereocenters. The molecule has 5 nitrogen and oxygen atoms in total. The predicted molar refractivity (Wildman–Crippen MR) is 64.3 cm³/mol. The van der Waals surface area contributed by atoms with Crippen LogP contribution in [0.3, 0.4) is 0 Å². The third-order valence-electron chi connectivity index (χ3n) is 3.01. The van der Waals surface area contributed by atoms with Crippen molar-refractivity contribution in [3.8, 4) is 0 Å². The second-order valence-corrected chi connectivity index (χ2v) is 5.90. The molecule has 1 unspecified atom stereocenters. The maximum Gasteiger partial charge on any atom is 0.223 e. The first kappa shape index (κ1) is 12.1. The highest BCUT2D eigenvalue weighted by Crippen LogP contribution is 2.25. The van der Waals surface area contributed by atoms with Crippen LogP contribution in [-0.4, -0.2) is 38.9 Å². The topological polar surface area (TPSA) is 51.0 Å². The van der Waals surface area contributed by atoms with Gasteiger partial charge in [-0.3, -0.25) is 4.79 Å². The van der Waals surface area contributed by atoms with Gasteiger partial charge in [-0.1, -0.05) is 26.0 Å². The summed E-state index contributed by atoms with van der Waals surface area (Å²) >= 11 is 0. The van der Waals surface area contributed by atoms with Crippen LogP contribution in [0, 0.1) is 5.41 Å². The summed E-state index contributed by atoms with van der Waals surface area (Å²) in [5.74, 6) is 0.250. The minimum atomic E-state index is 0.0580. The zero-order valence-electron chi connectivity index (χ0n) is 10.8. The first-order valence-electron chi connectivity index (χ1n) is 6.09. The van der Waals surface area contributed by atoms with E-state index >= 15 is 0 Å². The van der Waals surface area contributed by atoms with E-state index in [4.69, 9.17) is 0 Å². The molecule has 1 aliphatic heterocycles. The molecule has 0 saturated carbocycles. The molecular weight excluding hydrogens is 216 g/mol. The molecule has 0 aromatic carbocycles.